The van der Waals surface area contributed by atoms with Crippen molar-refractivity contribution in [2.24, 2.45) is 0 Å². The van der Waals surface area contributed by atoms with Crippen LogP contribution >= 0.6 is 0 Å². The molecular formula is C26H21FN2O3. The second-order valence-electron chi connectivity index (χ2n) is 8.12. The van der Waals surface area contributed by atoms with Crippen LogP contribution < -0.4 is 10.1 Å². The van der Waals surface area contributed by atoms with Crippen molar-refractivity contribution in [2.45, 2.75) is 25.3 Å². The van der Waals surface area contributed by atoms with Gasteiger partial charge in [-0.2, -0.15) is 0 Å². The van der Waals surface area contributed by atoms with Crippen molar-refractivity contribution in [3.05, 3.63) is 95.4 Å². The second-order valence-corrected chi connectivity index (χ2v) is 8.12. The fourth-order valence-electron chi connectivity index (χ4n) is 4.01. The van der Waals surface area contributed by atoms with Crippen molar-refractivity contribution in [3.63, 3.8) is 0 Å². The summed E-state index contributed by atoms with van der Waals surface area (Å²) >= 11 is 0. The van der Waals surface area contributed by atoms with Crippen molar-refractivity contribution < 1.29 is 19.0 Å². The smallest absolute Gasteiger partial charge is 0.335 e. The Balaban J connectivity index is 1.55. The summed E-state index contributed by atoms with van der Waals surface area (Å²) in [7, 11) is 0. The normalized spacial score (nSPS) is 14.2. The van der Waals surface area contributed by atoms with Crippen LogP contribution in [0.5, 0.6) is 11.5 Å². The van der Waals surface area contributed by atoms with Gasteiger partial charge in [-0.05, 0) is 67.1 Å². The Morgan fingerprint density at radius 2 is 1.81 bits per heavy atom. The molecule has 32 heavy (non-hydrogen) atoms. The van der Waals surface area contributed by atoms with Gasteiger partial charge in [0.05, 0.1) is 16.5 Å². The molecule has 0 spiro atoms. The quantitative estimate of drug-likeness (QED) is 0.378. The summed E-state index contributed by atoms with van der Waals surface area (Å²) in [6.07, 6.45) is 1.81. The first kappa shape index (κ1) is 20.0. The van der Waals surface area contributed by atoms with Gasteiger partial charge in [-0.15, -0.1) is 0 Å². The topological polar surface area (TPSA) is 71.5 Å². The predicted molar refractivity (Wildman–Crippen MR) is 121 cm³/mol. The van der Waals surface area contributed by atoms with E-state index in [1.54, 1.807) is 24.3 Å². The molecule has 0 aliphatic heterocycles. The van der Waals surface area contributed by atoms with E-state index in [-0.39, 0.29) is 16.9 Å². The largest absolute Gasteiger partial charge is 0.478 e. The van der Waals surface area contributed by atoms with Crippen LogP contribution in [0.3, 0.4) is 0 Å². The number of nitrogens with one attached hydrogen (secondary N) is 1. The van der Waals surface area contributed by atoms with Gasteiger partial charge >= 0.3 is 5.97 Å². The summed E-state index contributed by atoms with van der Waals surface area (Å²) in [5, 5.41) is 14.6. The first-order valence-electron chi connectivity index (χ1n) is 10.4. The number of pyridine rings is 1. The summed E-state index contributed by atoms with van der Waals surface area (Å²) < 4.78 is 19.7. The number of nitrogens with zero attached hydrogens (tertiary/aromatic N) is 1. The van der Waals surface area contributed by atoms with Gasteiger partial charge in [-0.1, -0.05) is 30.3 Å². The number of aromatic nitrogens is 1. The highest BCUT2D eigenvalue weighted by Crippen LogP contribution is 2.49. The molecule has 0 saturated heterocycles. The molecule has 0 atom stereocenters. The third-order valence-corrected chi connectivity index (χ3v) is 5.76. The van der Waals surface area contributed by atoms with E-state index in [0.717, 1.165) is 34.9 Å². The summed E-state index contributed by atoms with van der Waals surface area (Å²) in [4.78, 5) is 16.0. The summed E-state index contributed by atoms with van der Waals surface area (Å²) in [5.41, 5.74) is 1.83. The number of hydrogen-bond acceptors (Lipinski definition) is 4. The fourth-order valence-corrected chi connectivity index (χ4v) is 4.01. The number of hydrogen-bond donors (Lipinski definition) is 2. The molecule has 0 amide bonds. The zero-order valence-electron chi connectivity index (χ0n) is 17.4. The van der Waals surface area contributed by atoms with Crippen LogP contribution in [-0.4, -0.2) is 16.1 Å². The van der Waals surface area contributed by atoms with Crippen molar-refractivity contribution in [1.29, 1.82) is 0 Å². The number of ether oxygens (including phenoxy) is 1. The fraction of sp³-hybridized carbons (Fsp3) is 0.154. The van der Waals surface area contributed by atoms with Crippen LogP contribution in [0.1, 0.15) is 34.5 Å². The second kappa shape index (κ2) is 7.64. The minimum atomic E-state index is -0.945. The number of anilines is 1. The van der Waals surface area contributed by atoms with Gasteiger partial charge in [-0.3, -0.25) is 0 Å². The monoisotopic (exact) mass is 428 g/mol. The Hall–Kier alpha value is -3.93. The molecular weight excluding hydrogens is 407 g/mol. The van der Waals surface area contributed by atoms with Crippen molar-refractivity contribution in [1.82, 2.24) is 4.98 Å². The minimum Gasteiger partial charge on any atom is -0.478 e. The number of carbonyl (C=O) groups is 1. The van der Waals surface area contributed by atoms with E-state index in [1.807, 2.05) is 43.3 Å². The Bertz CT molecular complexity index is 1330. The molecule has 160 valence electrons. The molecule has 4 aromatic rings. The molecule has 1 fully saturated rings. The number of aromatic carboxylic acids is 1. The van der Waals surface area contributed by atoms with Crippen molar-refractivity contribution in [3.8, 4) is 11.5 Å². The zero-order valence-corrected chi connectivity index (χ0v) is 17.4. The Kier molecular flexibility index (Phi) is 4.78. The molecule has 1 heterocycles. The Morgan fingerprint density at radius 1 is 1.06 bits per heavy atom. The molecule has 3 aromatic carbocycles. The van der Waals surface area contributed by atoms with Gasteiger partial charge < -0.3 is 15.2 Å². The highest BCUT2D eigenvalue weighted by atomic mass is 19.1. The molecule has 5 nitrogen and oxygen atoms in total. The van der Waals surface area contributed by atoms with E-state index in [9.17, 15) is 14.3 Å². The van der Waals surface area contributed by atoms with Crippen LogP contribution in [0.15, 0.2) is 72.8 Å². The van der Waals surface area contributed by atoms with Gasteiger partial charge in [0.25, 0.3) is 0 Å². The van der Waals surface area contributed by atoms with E-state index < -0.39 is 5.97 Å². The highest BCUT2D eigenvalue weighted by Gasteiger charge is 2.45. The third kappa shape index (κ3) is 3.75. The molecule has 1 aliphatic carbocycles. The number of aryl methyl sites for hydroxylation is 1. The third-order valence-electron chi connectivity index (χ3n) is 5.76. The van der Waals surface area contributed by atoms with E-state index in [1.165, 1.54) is 12.1 Å². The van der Waals surface area contributed by atoms with Gasteiger partial charge in [0.1, 0.15) is 23.1 Å². The van der Waals surface area contributed by atoms with Gasteiger partial charge in [0, 0.05) is 11.8 Å². The number of benzene rings is 3. The molecule has 2 N–H and O–H groups in total. The lowest BCUT2D eigenvalue weighted by molar-refractivity contribution is 0.0697. The molecule has 1 saturated carbocycles. The molecule has 5 rings (SSSR count). The molecule has 0 radical (unpaired) electrons. The zero-order chi connectivity index (χ0) is 22.3. The first-order chi connectivity index (χ1) is 15.4. The van der Waals surface area contributed by atoms with Crippen LogP contribution in [0, 0.1) is 12.7 Å². The number of halogens is 1. The molecule has 1 aliphatic rings. The van der Waals surface area contributed by atoms with Crippen molar-refractivity contribution in [2.75, 3.05) is 5.32 Å². The minimum absolute atomic E-state index is 0.259. The predicted octanol–water partition coefficient (Wildman–Crippen LogP) is 6.27. The van der Waals surface area contributed by atoms with Crippen LogP contribution in [0.25, 0.3) is 10.8 Å². The average Bonchev–Trinajstić information content (AvgIpc) is 3.54. The summed E-state index contributed by atoms with van der Waals surface area (Å²) in [6, 6.07) is 20.7. The number of fused-ring (bicyclic) bond motifs is 1. The van der Waals surface area contributed by atoms with Crippen molar-refractivity contribution >= 4 is 22.6 Å². The lowest BCUT2D eigenvalue weighted by atomic mass is 10.0. The Morgan fingerprint density at radius 3 is 2.50 bits per heavy atom. The number of rotatable bonds is 6. The number of carboxylic acid groups (broad SMARTS) is 1. The maximum absolute atomic E-state index is 13.7. The highest BCUT2D eigenvalue weighted by molar-refractivity contribution is 5.98. The first-order valence-corrected chi connectivity index (χ1v) is 10.4. The maximum Gasteiger partial charge on any atom is 0.335 e. The molecule has 6 heteroatoms. The number of carboxylic acids is 1. The Labute approximate surface area is 184 Å². The van der Waals surface area contributed by atoms with Gasteiger partial charge in [0.15, 0.2) is 0 Å². The average molecular weight is 428 g/mol. The summed E-state index contributed by atoms with van der Waals surface area (Å²) in [6.45, 7) is 1.94. The van der Waals surface area contributed by atoms with Crippen LogP contribution in [0.2, 0.25) is 0 Å². The lowest BCUT2D eigenvalue weighted by Crippen LogP contribution is -2.20. The van der Waals surface area contributed by atoms with E-state index in [4.69, 9.17) is 9.72 Å². The molecule has 0 bridgehead atoms. The molecule has 1 aromatic heterocycles. The van der Waals surface area contributed by atoms with Gasteiger partial charge in [-0.25, -0.2) is 14.2 Å². The van der Waals surface area contributed by atoms with E-state index in [2.05, 4.69) is 5.32 Å². The maximum atomic E-state index is 13.7. The lowest BCUT2D eigenvalue weighted by Gasteiger charge is -2.21. The van der Waals surface area contributed by atoms with Gasteiger partial charge in [0.2, 0.25) is 0 Å². The van der Waals surface area contributed by atoms with E-state index >= 15 is 0 Å². The summed E-state index contributed by atoms with van der Waals surface area (Å²) in [5.74, 6) is 0.373. The van der Waals surface area contributed by atoms with Crippen LogP contribution in [0.4, 0.5) is 10.2 Å². The standard InChI is InChI=1S/C26H21FN2O3/c1-16-14-18-4-2-7-22(32-21-6-3-5-20(27)15-21)23(18)24(28-16)29-26(12-13-26)19-10-8-17(9-11-19)25(30)31/h2-11,14-15H,12-13H2,1H3,(H,28,29)(H,30,31). The molecule has 0 unspecified atom stereocenters. The van der Waals surface area contributed by atoms with E-state index in [0.29, 0.717) is 17.3 Å². The van der Waals surface area contributed by atoms with Crippen LogP contribution in [-0.2, 0) is 5.54 Å². The SMILES string of the molecule is Cc1cc2cccc(Oc3cccc(F)c3)c2c(NC2(c3ccc(C(=O)O)cc3)CC2)n1.